The summed E-state index contributed by atoms with van der Waals surface area (Å²) < 4.78 is 0. The third-order valence-electron chi connectivity index (χ3n) is 8.09. The molecule has 18 heteroatoms. The van der Waals surface area contributed by atoms with E-state index in [9.17, 15) is 60.7 Å². The summed E-state index contributed by atoms with van der Waals surface area (Å²) >= 11 is 0. The van der Waals surface area contributed by atoms with E-state index >= 15 is 0 Å². The Labute approximate surface area is 271 Å². The second-order valence-electron chi connectivity index (χ2n) is 10.7. The fourth-order valence-electron chi connectivity index (χ4n) is 6.10. The largest absolute Gasteiger partial charge is 0.284 e. The lowest BCUT2D eigenvalue weighted by atomic mass is 9.95. The van der Waals surface area contributed by atoms with Gasteiger partial charge in [-0.15, -0.1) is 0 Å². The van der Waals surface area contributed by atoms with E-state index in [0.717, 1.165) is 30.3 Å². The minimum Gasteiger partial charge on any atom is -0.258 e. The number of benzene rings is 4. The molecule has 0 aliphatic heterocycles. The van der Waals surface area contributed by atoms with Crippen LogP contribution < -0.4 is 0 Å². The number of nitrogens with zero attached hydrogens (tertiary/aromatic N) is 6. The number of nitro groups is 6. The van der Waals surface area contributed by atoms with Crippen LogP contribution in [0, 0.1) is 60.7 Å². The van der Waals surface area contributed by atoms with Gasteiger partial charge in [0.2, 0.25) is 0 Å². The van der Waals surface area contributed by atoms with Gasteiger partial charge < -0.3 is 0 Å². The van der Waals surface area contributed by atoms with Gasteiger partial charge in [-0.3, -0.25) is 60.7 Å². The summed E-state index contributed by atoms with van der Waals surface area (Å²) in [4.78, 5) is 65.7. The van der Waals surface area contributed by atoms with Crippen molar-refractivity contribution in [3.63, 3.8) is 0 Å². The summed E-state index contributed by atoms with van der Waals surface area (Å²) in [5.41, 5.74) is -1.24. The number of hydrogen-bond donors (Lipinski definition) is 0. The maximum absolute atomic E-state index is 11.9. The van der Waals surface area contributed by atoms with Gasteiger partial charge in [-0.25, -0.2) is 0 Å². The van der Waals surface area contributed by atoms with Crippen LogP contribution >= 0.6 is 0 Å². The summed E-state index contributed by atoms with van der Waals surface area (Å²) in [6.45, 7) is 0. The highest BCUT2D eigenvalue weighted by Gasteiger charge is 2.37. The molecule has 2 aliphatic carbocycles. The molecule has 6 rings (SSSR count). The highest BCUT2D eigenvalue weighted by Crippen LogP contribution is 2.53. The third-order valence-corrected chi connectivity index (χ3v) is 8.09. The maximum atomic E-state index is 11.9. The second kappa shape index (κ2) is 11.7. The highest BCUT2D eigenvalue weighted by molar-refractivity contribution is 6.05. The van der Waals surface area contributed by atoms with Crippen molar-refractivity contribution in [2.45, 2.75) is 5.92 Å². The molecule has 49 heavy (non-hydrogen) atoms. The van der Waals surface area contributed by atoms with Gasteiger partial charge in [0.25, 0.3) is 34.1 Å². The number of rotatable bonds is 9. The van der Waals surface area contributed by atoms with Crippen LogP contribution in [0.25, 0.3) is 27.8 Å². The third kappa shape index (κ3) is 5.29. The Bertz CT molecular complexity index is 2330. The van der Waals surface area contributed by atoms with E-state index in [2.05, 4.69) is 0 Å². The molecule has 1 atom stereocenters. The van der Waals surface area contributed by atoms with E-state index in [1.165, 1.54) is 60.7 Å². The molecule has 0 N–H and O–H groups in total. The quantitative estimate of drug-likeness (QED) is 0.0843. The van der Waals surface area contributed by atoms with Crippen molar-refractivity contribution in [3.8, 4) is 22.3 Å². The molecule has 242 valence electrons. The molecule has 1 unspecified atom stereocenters. The van der Waals surface area contributed by atoms with Gasteiger partial charge in [-0.2, -0.15) is 0 Å². The smallest absolute Gasteiger partial charge is 0.258 e. The van der Waals surface area contributed by atoms with E-state index in [1.54, 1.807) is 0 Å². The van der Waals surface area contributed by atoms with E-state index in [4.69, 9.17) is 0 Å². The lowest BCUT2D eigenvalue weighted by molar-refractivity contribution is -0.394. The lowest BCUT2D eigenvalue weighted by Gasteiger charge is -2.08. The predicted molar refractivity (Wildman–Crippen MR) is 171 cm³/mol. The minimum absolute atomic E-state index is 0.0413. The van der Waals surface area contributed by atoms with Crippen molar-refractivity contribution in [2.75, 3.05) is 0 Å². The van der Waals surface area contributed by atoms with Crippen molar-refractivity contribution >= 4 is 39.7 Å². The van der Waals surface area contributed by atoms with Gasteiger partial charge >= 0.3 is 0 Å². The standard InChI is InChI=1S/C31H16N6O12/c38-32(39)16-6-8-22-24(10-16)20(26-12-18(34(42)43)14-28(30(22)26)36(46)47)4-2-1-3-5-21-25-11-17(33(40)41)7-9-23(25)31-27(21)13-19(35(44)45)15-29(31)37(48)49/h1-15,20H/b3-1+,4-2+,21-5+. The van der Waals surface area contributed by atoms with Gasteiger partial charge in [-0.1, -0.05) is 30.4 Å². The van der Waals surface area contributed by atoms with Gasteiger partial charge in [0, 0.05) is 47.9 Å². The molecule has 2 aliphatic rings. The second-order valence-corrected chi connectivity index (χ2v) is 10.7. The summed E-state index contributed by atoms with van der Waals surface area (Å²) in [7, 11) is 0. The van der Waals surface area contributed by atoms with Crippen LogP contribution in [0.3, 0.4) is 0 Å². The van der Waals surface area contributed by atoms with E-state index in [-0.39, 0.29) is 55.9 Å². The molecule has 0 radical (unpaired) electrons. The maximum Gasteiger partial charge on any atom is 0.284 e. The van der Waals surface area contributed by atoms with Crippen molar-refractivity contribution in [3.05, 3.63) is 174 Å². The van der Waals surface area contributed by atoms with Crippen LogP contribution in [0.4, 0.5) is 34.1 Å². The fraction of sp³-hybridized carbons (Fsp3) is 0.0323. The molecule has 4 aromatic carbocycles. The molecule has 0 saturated heterocycles. The van der Waals surface area contributed by atoms with Gasteiger partial charge in [0.15, 0.2) is 0 Å². The summed E-state index contributed by atoms with van der Waals surface area (Å²) in [6.07, 6.45) is 7.30. The first-order valence-electron chi connectivity index (χ1n) is 13.9. The molecular formula is C31H16N6O12. The molecule has 0 spiro atoms. The summed E-state index contributed by atoms with van der Waals surface area (Å²) in [5, 5.41) is 70.1. The molecule has 0 heterocycles. The van der Waals surface area contributed by atoms with Gasteiger partial charge in [0.05, 0.1) is 52.8 Å². The van der Waals surface area contributed by atoms with Crippen LogP contribution in [0.2, 0.25) is 0 Å². The summed E-state index contributed by atoms with van der Waals surface area (Å²) in [5.74, 6) is -0.887. The van der Waals surface area contributed by atoms with Crippen molar-refractivity contribution in [1.82, 2.24) is 0 Å². The van der Waals surface area contributed by atoms with Crippen LogP contribution in [0.5, 0.6) is 0 Å². The number of non-ortho nitro benzene ring substituents is 4. The van der Waals surface area contributed by atoms with E-state index < -0.39 is 58.2 Å². The Morgan fingerprint density at radius 3 is 1.55 bits per heavy atom. The number of nitro benzene ring substituents is 6. The van der Waals surface area contributed by atoms with Gasteiger partial charge in [-0.05, 0) is 45.5 Å². The van der Waals surface area contributed by atoms with E-state index in [0.29, 0.717) is 5.56 Å². The van der Waals surface area contributed by atoms with Crippen LogP contribution in [-0.4, -0.2) is 29.5 Å². The zero-order chi connectivity index (χ0) is 35.3. The Morgan fingerprint density at radius 1 is 0.449 bits per heavy atom. The van der Waals surface area contributed by atoms with Crippen LogP contribution in [-0.2, 0) is 0 Å². The Morgan fingerprint density at radius 2 is 0.959 bits per heavy atom. The number of allylic oxidation sites excluding steroid dienone is 5. The Kier molecular flexibility index (Phi) is 7.52. The monoisotopic (exact) mass is 664 g/mol. The first-order chi connectivity index (χ1) is 23.3. The molecule has 0 aromatic heterocycles. The predicted octanol–water partition coefficient (Wildman–Crippen LogP) is 7.47. The molecule has 0 saturated carbocycles. The van der Waals surface area contributed by atoms with Crippen LogP contribution in [0.1, 0.15) is 28.2 Å². The molecular weight excluding hydrogens is 648 g/mol. The van der Waals surface area contributed by atoms with E-state index in [1.807, 2.05) is 0 Å². The van der Waals surface area contributed by atoms with Crippen LogP contribution in [0.15, 0.2) is 91.0 Å². The number of fused-ring (bicyclic) bond motifs is 6. The average Bonchev–Trinajstić information content (AvgIpc) is 3.54. The number of hydrogen-bond acceptors (Lipinski definition) is 12. The zero-order valence-corrected chi connectivity index (χ0v) is 24.3. The molecule has 0 bridgehead atoms. The molecule has 18 nitrogen and oxygen atoms in total. The lowest BCUT2D eigenvalue weighted by Crippen LogP contribution is -1.98. The highest BCUT2D eigenvalue weighted by atomic mass is 16.6. The zero-order valence-electron chi connectivity index (χ0n) is 24.3. The minimum atomic E-state index is -0.887. The van der Waals surface area contributed by atoms with Gasteiger partial charge in [0.1, 0.15) is 0 Å². The van der Waals surface area contributed by atoms with Crippen molar-refractivity contribution in [1.29, 1.82) is 0 Å². The Hall–Kier alpha value is -7.50. The molecule has 0 amide bonds. The normalized spacial score (nSPS) is 14.8. The van der Waals surface area contributed by atoms with Crippen molar-refractivity contribution in [2.24, 2.45) is 0 Å². The fourth-order valence-corrected chi connectivity index (χ4v) is 6.10. The first kappa shape index (κ1) is 31.5. The van der Waals surface area contributed by atoms with Crippen molar-refractivity contribution < 1.29 is 29.5 Å². The topological polar surface area (TPSA) is 259 Å². The SMILES string of the molecule is O=[N+]([O-])c1ccc2c(c1)\C(=C/C=C/C=C/C1c3cc([N+](=O)[O-])ccc3-c3c1cc([N+](=O)[O-])cc3[N+](=O)[O-])c1cc([N+](=O)[O-])cc([N+](=O)[O-])c1-2. The molecule has 0 fully saturated rings. The average molecular weight is 664 g/mol. The summed E-state index contributed by atoms with van der Waals surface area (Å²) in [6, 6.07) is 11.3. The molecule has 4 aromatic rings. The Balaban J connectivity index is 1.46. The first-order valence-corrected chi connectivity index (χ1v) is 13.9.